The number of rotatable bonds is 4. The molecule has 2 N–H and O–H groups in total. The van der Waals surface area contributed by atoms with E-state index in [2.05, 4.69) is 10.6 Å². The Balaban J connectivity index is 2.06. The second kappa shape index (κ2) is 5.80. The number of nitrogens with one attached hydrogen (secondary N) is 2. The molecule has 1 heterocycles. The third kappa shape index (κ3) is 3.76. The fourth-order valence-electron chi connectivity index (χ4n) is 1.69. The zero-order valence-electron chi connectivity index (χ0n) is 10.8. The van der Waals surface area contributed by atoms with Gasteiger partial charge in [-0.05, 0) is 48.4 Å². The van der Waals surface area contributed by atoms with Crippen molar-refractivity contribution < 1.29 is 9.21 Å². The van der Waals surface area contributed by atoms with Crippen LogP contribution in [-0.2, 0) is 11.3 Å². The van der Waals surface area contributed by atoms with Crippen LogP contribution in [0.25, 0.3) is 0 Å². The van der Waals surface area contributed by atoms with E-state index in [1.54, 1.807) is 6.07 Å². The molecule has 19 heavy (non-hydrogen) atoms. The summed E-state index contributed by atoms with van der Waals surface area (Å²) in [4.78, 5) is 11.1. The molecule has 2 aromatic rings. The summed E-state index contributed by atoms with van der Waals surface area (Å²) in [6.45, 7) is 3.97. The lowest BCUT2D eigenvalue weighted by Gasteiger charge is -2.10. The van der Waals surface area contributed by atoms with E-state index in [-0.39, 0.29) is 5.91 Å². The largest absolute Gasteiger partial charge is 0.448 e. The van der Waals surface area contributed by atoms with E-state index in [0.717, 1.165) is 22.7 Å². The van der Waals surface area contributed by atoms with Crippen molar-refractivity contribution in [2.45, 2.75) is 20.4 Å². The quantitative estimate of drug-likeness (QED) is 0.894. The topological polar surface area (TPSA) is 54.3 Å². The maximum Gasteiger partial charge on any atom is 0.221 e. The molecular formula is C14H15ClN2O2. The van der Waals surface area contributed by atoms with Crippen LogP contribution >= 0.6 is 11.6 Å². The van der Waals surface area contributed by atoms with E-state index in [4.69, 9.17) is 16.0 Å². The van der Waals surface area contributed by atoms with Gasteiger partial charge >= 0.3 is 0 Å². The molecule has 0 saturated carbocycles. The fourth-order valence-corrected chi connectivity index (χ4v) is 1.85. The molecule has 100 valence electrons. The minimum atomic E-state index is -0.0851. The van der Waals surface area contributed by atoms with Crippen molar-refractivity contribution in [2.75, 3.05) is 10.6 Å². The first-order chi connectivity index (χ1) is 9.04. The molecule has 0 aliphatic carbocycles. The Kier molecular flexibility index (Phi) is 4.12. The van der Waals surface area contributed by atoms with Gasteiger partial charge in [-0.1, -0.05) is 6.07 Å². The van der Waals surface area contributed by atoms with Gasteiger partial charge in [0, 0.05) is 18.3 Å². The molecule has 2 rings (SSSR count). The number of anilines is 2. The smallest absolute Gasteiger partial charge is 0.221 e. The van der Waals surface area contributed by atoms with E-state index in [9.17, 15) is 4.79 Å². The standard InChI is InChI=1S/C14H15ClN2O2/c1-9-3-4-11(7-13(9)17-10(2)18)16-8-12-5-6-14(15)19-12/h3-7,16H,8H2,1-2H3,(H,17,18). The molecular weight excluding hydrogens is 264 g/mol. The maximum atomic E-state index is 11.1. The molecule has 1 aromatic carbocycles. The van der Waals surface area contributed by atoms with Crippen LogP contribution in [0.3, 0.4) is 0 Å². The highest BCUT2D eigenvalue weighted by Crippen LogP contribution is 2.21. The van der Waals surface area contributed by atoms with Gasteiger partial charge in [-0.15, -0.1) is 0 Å². The van der Waals surface area contributed by atoms with Gasteiger partial charge < -0.3 is 15.1 Å². The van der Waals surface area contributed by atoms with E-state index < -0.39 is 0 Å². The van der Waals surface area contributed by atoms with Gasteiger partial charge in [0.25, 0.3) is 0 Å². The number of furan rings is 1. The summed E-state index contributed by atoms with van der Waals surface area (Å²) >= 11 is 5.70. The summed E-state index contributed by atoms with van der Waals surface area (Å²) in [6.07, 6.45) is 0. The minimum absolute atomic E-state index is 0.0851. The first-order valence-corrected chi connectivity index (χ1v) is 6.29. The molecule has 0 spiro atoms. The lowest BCUT2D eigenvalue weighted by atomic mass is 10.1. The molecule has 5 heteroatoms. The Bertz CT molecular complexity index is 593. The van der Waals surface area contributed by atoms with Crippen molar-refractivity contribution in [2.24, 2.45) is 0 Å². The number of hydrogen-bond donors (Lipinski definition) is 2. The monoisotopic (exact) mass is 278 g/mol. The lowest BCUT2D eigenvalue weighted by molar-refractivity contribution is -0.114. The Hall–Kier alpha value is -1.94. The van der Waals surface area contributed by atoms with Gasteiger partial charge in [-0.25, -0.2) is 0 Å². The number of hydrogen-bond acceptors (Lipinski definition) is 3. The van der Waals surface area contributed by atoms with Crippen molar-refractivity contribution >= 4 is 28.9 Å². The van der Waals surface area contributed by atoms with Crippen LogP contribution in [0.5, 0.6) is 0 Å². The molecule has 0 unspecified atom stereocenters. The molecule has 0 atom stereocenters. The Labute approximate surface area is 116 Å². The SMILES string of the molecule is CC(=O)Nc1cc(NCc2ccc(Cl)o2)ccc1C. The van der Waals surface area contributed by atoms with Crippen LogP contribution in [-0.4, -0.2) is 5.91 Å². The van der Waals surface area contributed by atoms with Crippen LogP contribution in [0.2, 0.25) is 5.22 Å². The Morgan fingerprint density at radius 3 is 2.74 bits per heavy atom. The summed E-state index contributed by atoms with van der Waals surface area (Å²) in [5, 5.41) is 6.38. The summed E-state index contributed by atoms with van der Waals surface area (Å²) in [5.74, 6) is 0.671. The van der Waals surface area contributed by atoms with Crippen molar-refractivity contribution in [1.82, 2.24) is 0 Å². The Morgan fingerprint density at radius 2 is 2.11 bits per heavy atom. The molecule has 4 nitrogen and oxygen atoms in total. The van der Waals surface area contributed by atoms with Crippen LogP contribution in [0.15, 0.2) is 34.7 Å². The summed E-state index contributed by atoms with van der Waals surface area (Å²) in [7, 11) is 0. The lowest BCUT2D eigenvalue weighted by Crippen LogP contribution is -2.08. The molecule has 0 radical (unpaired) electrons. The summed E-state index contributed by atoms with van der Waals surface area (Å²) < 4.78 is 5.26. The second-order valence-corrected chi connectivity index (χ2v) is 4.64. The predicted octanol–water partition coefficient (Wildman–Crippen LogP) is 3.81. The molecule has 0 aliphatic heterocycles. The third-order valence-corrected chi connectivity index (χ3v) is 2.85. The van der Waals surface area contributed by atoms with Gasteiger partial charge in [-0.3, -0.25) is 4.79 Å². The number of carbonyl (C=O) groups is 1. The van der Waals surface area contributed by atoms with Gasteiger partial charge in [-0.2, -0.15) is 0 Å². The van der Waals surface area contributed by atoms with Gasteiger partial charge in [0.1, 0.15) is 5.76 Å². The minimum Gasteiger partial charge on any atom is -0.448 e. The van der Waals surface area contributed by atoms with Crippen molar-refractivity contribution in [1.29, 1.82) is 0 Å². The number of benzene rings is 1. The highest BCUT2D eigenvalue weighted by Gasteiger charge is 2.03. The van der Waals surface area contributed by atoms with E-state index in [1.165, 1.54) is 6.92 Å². The van der Waals surface area contributed by atoms with Gasteiger partial charge in [0.05, 0.1) is 6.54 Å². The highest BCUT2D eigenvalue weighted by atomic mass is 35.5. The number of aryl methyl sites for hydroxylation is 1. The Morgan fingerprint density at radius 1 is 1.32 bits per heavy atom. The third-order valence-electron chi connectivity index (χ3n) is 2.64. The average Bonchev–Trinajstić information content (AvgIpc) is 2.75. The van der Waals surface area contributed by atoms with Crippen LogP contribution in [0, 0.1) is 6.92 Å². The molecule has 1 amide bonds. The molecule has 0 saturated heterocycles. The van der Waals surface area contributed by atoms with Crippen molar-refractivity contribution in [3.63, 3.8) is 0 Å². The number of halogens is 1. The number of carbonyl (C=O) groups excluding carboxylic acids is 1. The van der Waals surface area contributed by atoms with Crippen molar-refractivity contribution in [3.8, 4) is 0 Å². The van der Waals surface area contributed by atoms with Gasteiger partial charge in [0.15, 0.2) is 5.22 Å². The normalized spacial score (nSPS) is 10.3. The van der Waals surface area contributed by atoms with Crippen LogP contribution in [0.1, 0.15) is 18.2 Å². The zero-order valence-corrected chi connectivity index (χ0v) is 11.5. The zero-order chi connectivity index (χ0) is 13.8. The van der Waals surface area contributed by atoms with Crippen LogP contribution in [0.4, 0.5) is 11.4 Å². The van der Waals surface area contributed by atoms with Gasteiger partial charge in [0.2, 0.25) is 5.91 Å². The predicted molar refractivity (Wildman–Crippen MR) is 76.5 cm³/mol. The van der Waals surface area contributed by atoms with E-state index >= 15 is 0 Å². The summed E-state index contributed by atoms with van der Waals surface area (Å²) in [5.41, 5.74) is 2.72. The second-order valence-electron chi connectivity index (χ2n) is 4.27. The van der Waals surface area contributed by atoms with E-state index in [0.29, 0.717) is 11.8 Å². The molecule has 1 aromatic heterocycles. The first-order valence-electron chi connectivity index (χ1n) is 5.91. The first kappa shape index (κ1) is 13.5. The molecule has 0 aliphatic rings. The highest BCUT2D eigenvalue weighted by molar-refractivity contribution is 6.28. The fraction of sp³-hybridized carbons (Fsp3) is 0.214. The van der Waals surface area contributed by atoms with Crippen molar-refractivity contribution in [3.05, 3.63) is 46.9 Å². The maximum absolute atomic E-state index is 11.1. The summed E-state index contributed by atoms with van der Waals surface area (Å²) in [6, 6.07) is 9.31. The van der Waals surface area contributed by atoms with Crippen LogP contribution < -0.4 is 10.6 Å². The molecule has 0 fully saturated rings. The average molecular weight is 279 g/mol. The number of amides is 1. The molecule has 0 bridgehead atoms. The van der Waals surface area contributed by atoms with E-state index in [1.807, 2.05) is 31.2 Å².